The van der Waals surface area contributed by atoms with Crippen LogP contribution in [-0.2, 0) is 16.2 Å². The van der Waals surface area contributed by atoms with Crippen molar-refractivity contribution in [1.29, 1.82) is 0 Å². The van der Waals surface area contributed by atoms with E-state index in [2.05, 4.69) is 10.9 Å². The summed E-state index contributed by atoms with van der Waals surface area (Å²) in [5.74, 6) is 1.10. The van der Waals surface area contributed by atoms with Gasteiger partial charge in [-0.1, -0.05) is 30.3 Å². The number of nitrogens with one attached hydrogen (secondary N) is 2. The predicted octanol–water partition coefficient (Wildman–Crippen LogP) is 4.17. The molecule has 1 aliphatic rings. The molecule has 0 aliphatic carbocycles. The van der Waals surface area contributed by atoms with Gasteiger partial charge in [0.05, 0.1) is 25.3 Å². The van der Waals surface area contributed by atoms with Crippen LogP contribution in [0.2, 0.25) is 0 Å². The van der Waals surface area contributed by atoms with E-state index in [0.29, 0.717) is 42.7 Å². The molecule has 0 bridgehead atoms. The number of hydrazine groups is 1. The minimum atomic E-state index is -0.461. The summed E-state index contributed by atoms with van der Waals surface area (Å²) < 4.78 is 16.8. The molecule has 3 aromatic carbocycles. The lowest BCUT2D eigenvalue weighted by molar-refractivity contribution is -0.125. The number of carbonyl (C=O) groups excluding carboxylic acids is 2. The minimum absolute atomic E-state index is 0.0890. The van der Waals surface area contributed by atoms with Crippen LogP contribution in [-0.4, -0.2) is 32.1 Å². The molecule has 0 aromatic heterocycles. The maximum atomic E-state index is 12.8. The van der Waals surface area contributed by atoms with Crippen molar-refractivity contribution in [3.8, 4) is 17.2 Å². The second-order valence-corrected chi connectivity index (χ2v) is 8.09. The maximum absolute atomic E-state index is 12.8. The van der Waals surface area contributed by atoms with Crippen molar-refractivity contribution in [2.75, 3.05) is 30.6 Å². The van der Waals surface area contributed by atoms with Gasteiger partial charge in [0.15, 0.2) is 11.5 Å². The highest BCUT2D eigenvalue weighted by Crippen LogP contribution is 2.31. The number of ether oxygens (including phenoxy) is 3. The van der Waals surface area contributed by atoms with Crippen LogP contribution in [0.4, 0.5) is 11.4 Å². The number of hydrogen-bond donors (Lipinski definition) is 2. The molecule has 2 N–H and O–H groups in total. The Morgan fingerprint density at radius 3 is 2.49 bits per heavy atom. The molecule has 3 aromatic rings. The molecule has 4 rings (SSSR count). The van der Waals surface area contributed by atoms with E-state index < -0.39 is 5.92 Å². The Balaban J connectivity index is 1.34. The lowest BCUT2D eigenvalue weighted by atomic mass is 10.1. The Labute approximate surface area is 204 Å². The van der Waals surface area contributed by atoms with Gasteiger partial charge in [-0.3, -0.25) is 20.4 Å². The van der Waals surface area contributed by atoms with Gasteiger partial charge in [0.1, 0.15) is 12.4 Å². The highest BCUT2D eigenvalue weighted by Gasteiger charge is 2.35. The van der Waals surface area contributed by atoms with Crippen LogP contribution in [0.1, 0.15) is 18.9 Å². The van der Waals surface area contributed by atoms with Gasteiger partial charge in [-0.2, -0.15) is 0 Å². The number of benzene rings is 3. The topological polar surface area (TPSA) is 89.1 Å². The van der Waals surface area contributed by atoms with Crippen molar-refractivity contribution in [2.24, 2.45) is 5.92 Å². The monoisotopic (exact) mass is 475 g/mol. The van der Waals surface area contributed by atoms with Crippen molar-refractivity contribution in [2.45, 2.75) is 20.0 Å². The highest BCUT2D eigenvalue weighted by atomic mass is 16.5. The zero-order valence-corrected chi connectivity index (χ0v) is 19.8. The molecule has 0 unspecified atom stereocenters. The molecule has 1 fully saturated rings. The number of nitrogens with zero attached hydrogens (tertiary/aromatic N) is 1. The fourth-order valence-corrected chi connectivity index (χ4v) is 3.84. The van der Waals surface area contributed by atoms with Crippen LogP contribution in [0.25, 0.3) is 0 Å². The largest absolute Gasteiger partial charge is 0.497 e. The zero-order chi connectivity index (χ0) is 24.6. The summed E-state index contributed by atoms with van der Waals surface area (Å²) in [7, 11) is 1.59. The first-order valence-corrected chi connectivity index (χ1v) is 11.5. The van der Waals surface area contributed by atoms with Crippen molar-refractivity contribution in [3.63, 3.8) is 0 Å². The third-order valence-corrected chi connectivity index (χ3v) is 5.69. The zero-order valence-electron chi connectivity index (χ0n) is 19.8. The minimum Gasteiger partial charge on any atom is -0.497 e. The summed E-state index contributed by atoms with van der Waals surface area (Å²) in [6.07, 6.45) is 0.149. The van der Waals surface area contributed by atoms with Gasteiger partial charge in [0.2, 0.25) is 11.8 Å². The van der Waals surface area contributed by atoms with Crippen LogP contribution in [0.15, 0.2) is 72.8 Å². The molecule has 1 aliphatic heterocycles. The number of methoxy groups -OCH3 is 1. The van der Waals surface area contributed by atoms with Gasteiger partial charge in [0.25, 0.3) is 0 Å². The number of hydrogen-bond acceptors (Lipinski definition) is 6. The molecular formula is C27H29N3O5. The predicted molar refractivity (Wildman–Crippen MR) is 134 cm³/mol. The number of rotatable bonds is 10. The fraction of sp³-hybridized carbons (Fsp3) is 0.259. The van der Waals surface area contributed by atoms with Gasteiger partial charge in [0, 0.05) is 24.7 Å². The quantitative estimate of drug-likeness (QED) is 0.428. The van der Waals surface area contributed by atoms with Gasteiger partial charge in [-0.15, -0.1) is 0 Å². The van der Waals surface area contributed by atoms with Crippen molar-refractivity contribution >= 4 is 23.2 Å². The first kappa shape index (κ1) is 23.9. The van der Waals surface area contributed by atoms with Crippen LogP contribution in [0.3, 0.4) is 0 Å². The molecule has 8 heteroatoms. The summed E-state index contributed by atoms with van der Waals surface area (Å²) in [5.41, 5.74) is 8.08. The van der Waals surface area contributed by atoms with E-state index in [0.717, 1.165) is 11.3 Å². The Hall–Kier alpha value is -4.20. The van der Waals surface area contributed by atoms with Crippen LogP contribution in [0, 0.1) is 5.92 Å². The smallest absolute Gasteiger partial charge is 0.243 e. The summed E-state index contributed by atoms with van der Waals surface area (Å²) in [5, 5.41) is 0. The third-order valence-electron chi connectivity index (χ3n) is 5.69. The third kappa shape index (κ3) is 6.03. The number of carbonyl (C=O) groups is 2. The molecule has 35 heavy (non-hydrogen) atoms. The van der Waals surface area contributed by atoms with E-state index in [-0.39, 0.29) is 18.2 Å². The number of anilines is 2. The number of amides is 2. The van der Waals surface area contributed by atoms with Gasteiger partial charge < -0.3 is 19.1 Å². The van der Waals surface area contributed by atoms with Crippen molar-refractivity contribution in [1.82, 2.24) is 5.43 Å². The standard InChI is InChI=1S/C27H29N3O5/c1-3-34-25-16-21(9-14-24(25)35-18-19-7-5-4-6-8-19)28-29-27(32)20-15-26(31)30(17-20)22-10-12-23(33-2)13-11-22/h4-14,16,20,28H,3,15,17-18H2,1-2H3,(H,29,32)/t20-/m0/s1. The molecule has 182 valence electrons. The van der Waals surface area contributed by atoms with E-state index in [1.807, 2.05) is 49.4 Å². The van der Waals surface area contributed by atoms with E-state index in [9.17, 15) is 9.59 Å². The van der Waals surface area contributed by atoms with Gasteiger partial charge in [-0.25, -0.2) is 0 Å². The molecule has 0 radical (unpaired) electrons. The van der Waals surface area contributed by atoms with Gasteiger partial charge in [-0.05, 0) is 48.9 Å². The molecule has 8 nitrogen and oxygen atoms in total. The molecule has 1 heterocycles. The van der Waals surface area contributed by atoms with E-state index >= 15 is 0 Å². The van der Waals surface area contributed by atoms with Crippen LogP contribution >= 0.6 is 0 Å². The van der Waals surface area contributed by atoms with Crippen molar-refractivity contribution < 1.29 is 23.8 Å². The second-order valence-electron chi connectivity index (χ2n) is 8.09. The lowest BCUT2D eigenvalue weighted by Gasteiger charge is -2.18. The second kappa shape index (κ2) is 11.3. The molecule has 0 saturated carbocycles. The summed E-state index contributed by atoms with van der Waals surface area (Å²) >= 11 is 0. The Bertz CT molecular complexity index is 1150. The van der Waals surface area contributed by atoms with Crippen molar-refractivity contribution in [3.05, 3.63) is 78.4 Å². The van der Waals surface area contributed by atoms with Gasteiger partial charge >= 0.3 is 0 Å². The fourth-order valence-electron chi connectivity index (χ4n) is 3.84. The molecule has 2 amide bonds. The first-order valence-electron chi connectivity index (χ1n) is 11.5. The Morgan fingerprint density at radius 2 is 1.77 bits per heavy atom. The SMILES string of the molecule is CCOc1cc(NNC(=O)[C@H]2CC(=O)N(c3ccc(OC)cc3)C2)ccc1OCc1ccccc1. The molecule has 1 atom stereocenters. The summed E-state index contributed by atoms with van der Waals surface area (Å²) in [6, 6.07) is 22.5. The normalized spacial score (nSPS) is 15.0. The Morgan fingerprint density at radius 1 is 1.00 bits per heavy atom. The molecule has 0 spiro atoms. The van der Waals surface area contributed by atoms with E-state index in [1.54, 1.807) is 42.3 Å². The average Bonchev–Trinajstić information content (AvgIpc) is 3.29. The van der Waals surface area contributed by atoms with E-state index in [1.165, 1.54) is 0 Å². The average molecular weight is 476 g/mol. The summed E-state index contributed by atoms with van der Waals surface area (Å²) in [6.45, 7) is 3.11. The van der Waals surface area contributed by atoms with E-state index in [4.69, 9.17) is 14.2 Å². The summed E-state index contributed by atoms with van der Waals surface area (Å²) in [4.78, 5) is 26.9. The maximum Gasteiger partial charge on any atom is 0.243 e. The Kier molecular flexibility index (Phi) is 7.72. The lowest BCUT2D eigenvalue weighted by Crippen LogP contribution is -2.36. The molecule has 1 saturated heterocycles. The first-order chi connectivity index (χ1) is 17.1. The highest BCUT2D eigenvalue weighted by molar-refractivity contribution is 6.00. The van der Waals surface area contributed by atoms with Crippen LogP contribution < -0.4 is 30.0 Å². The van der Waals surface area contributed by atoms with Crippen LogP contribution in [0.5, 0.6) is 17.2 Å². The molecular weight excluding hydrogens is 446 g/mol.